The molecule has 0 radical (unpaired) electrons. The Kier molecular flexibility index (Phi) is 6.15. The third-order valence-corrected chi connectivity index (χ3v) is 6.18. The Balaban J connectivity index is 1.98. The van der Waals surface area contributed by atoms with Crippen molar-refractivity contribution in [1.29, 1.82) is 0 Å². The van der Waals surface area contributed by atoms with Gasteiger partial charge in [-0.3, -0.25) is 15.0 Å². The summed E-state index contributed by atoms with van der Waals surface area (Å²) in [5, 5.41) is 2.13. The van der Waals surface area contributed by atoms with Crippen molar-refractivity contribution in [3.8, 4) is 0 Å². The fourth-order valence-corrected chi connectivity index (χ4v) is 4.03. The van der Waals surface area contributed by atoms with Gasteiger partial charge < -0.3 is 4.74 Å². The molecule has 2 amide bonds. The third kappa shape index (κ3) is 4.56. The monoisotopic (exact) mass is 369 g/mol. The van der Waals surface area contributed by atoms with Crippen molar-refractivity contribution >= 4 is 22.0 Å². The number of nitrogens with one attached hydrogen (secondary N) is 1. The van der Waals surface area contributed by atoms with Gasteiger partial charge in [-0.1, -0.05) is 17.7 Å². The van der Waals surface area contributed by atoms with Crippen LogP contribution in [0.2, 0.25) is 0 Å². The van der Waals surface area contributed by atoms with E-state index in [2.05, 4.69) is 10.1 Å². The fraction of sp³-hybridized carbons (Fsp3) is 0.500. The van der Waals surface area contributed by atoms with E-state index in [9.17, 15) is 18.0 Å². The summed E-state index contributed by atoms with van der Waals surface area (Å²) in [7, 11) is -2.36. The van der Waals surface area contributed by atoms with Gasteiger partial charge in [-0.05, 0) is 26.0 Å². The number of hydrogen-bond donors (Lipinski definition) is 1. The minimum absolute atomic E-state index is 0.267. The van der Waals surface area contributed by atoms with E-state index < -0.39 is 28.1 Å². The Labute approximate surface area is 147 Å². The zero-order chi connectivity index (χ0) is 18.6. The van der Waals surface area contributed by atoms with E-state index in [-0.39, 0.29) is 18.0 Å². The first-order chi connectivity index (χ1) is 11.8. The molecule has 1 aromatic rings. The second-order valence-electron chi connectivity index (χ2n) is 5.91. The van der Waals surface area contributed by atoms with Gasteiger partial charge in [-0.15, -0.1) is 0 Å². The number of carbonyl (C=O) groups excluding carboxylic acids is 2. The van der Waals surface area contributed by atoms with E-state index in [0.717, 1.165) is 5.56 Å². The normalized spacial score (nSPS) is 17.7. The zero-order valence-corrected chi connectivity index (χ0v) is 15.4. The summed E-state index contributed by atoms with van der Waals surface area (Å²) in [6.45, 7) is 4.94. The van der Waals surface area contributed by atoms with Crippen LogP contribution >= 0.6 is 0 Å². The molecule has 0 bridgehead atoms. The van der Waals surface area contributed by atoms with E-state index in [1.807, 2.05) is 11.8 Å². The first-order valence-electron chi connectivity index (χ1n) is 7.95. The predicted octanol–water partition coefficient (Wildman–Crippen LogP) is 0.572. The first kappa shape index (κ1) is 19.4. The fourth-order valence-electron chi connectivity index (χ4n) is 2.61. The number of amides is 2. The van der Waals surface area contributed by atoms with E-state index in [1.54, 1.807) is 31.2 Å². The predicted molar refractivity (Wildman–Crippen MR) is 91.5 cm³/mol. The molecule has 0 aromatic heterocycles. The summed E-state index contributed by atoms with van der Waals surface area (Å²) in [5.74, 6) is -0.471. The topological polar surface area (TPSA) is 96.0 Å². The molecule has 1 fully saturated rings. The lowest BCUT2D eigenvalue weighted by Crippen LogP contribution is -2.55. The lowest BCUT2D eigenvalue weighted by molar-refractivity contribution is -0.125. The molecule has 1 atom stereocenters. The maximum atomic E-state index is 12.7. The highest BCUT2D eigenvalue weighted by molar-refractivity contribution is 7.89. The first-order valence-corrected chi connectivity index (χ1v) is 9.39. The lowest BCUT2D eigenvalue weighted by Gasteiger charge is -2.36. The molecule has 1 aliphatic rings. The van der Waals surface area contributed by atoms with Crippen LogP contribution in [0, 0.1) is 6.92 Å². The number of aryl methyl sites for hydroxylation is 1. The number of rotatable bonds is 4. The smallest absolute Gasteiger partial charge is 0.413 e. The summed E-state index contributed by atoms with van der Waals surface area (Å²) < 4.78 is 31.1. The number of benzene rings is 1. The molecular formula is C16H23N3O5S. The van der Waals surface area contributed by atoms with Gasteiger partial charge >= 0.3 is 6.09 Å². The zero-order valence-electron chi connectivity index (χ0n) is 14.6. The number of methoxy groups -OCH3 is 1. The van der Waals surface area contributed by atoms with Gasteiger partial charge in [0.1, 0.15) is 0 Å². The number of carbonyl (C=O) groups is 2. The molecule has 25 heavy (non-hydrogen) atoms. The molecule has 1 aromatic carbocycles. The van der Waals surface area contributed by atoms with Crippen LogP contribution in [0.25, 0.3) is 0 Å². The summed E-state index contributed by atoms with van der Waals surface area (Å²) >= 11 is 0. The Hall–Kier alpha value is -1.97. The summed E-state index contributed by atoms with van der Waals surface area (Å²) in [4.78, 5) is 25.2. The molecule has 2 rings (SSSR count). The Morgan fingerprint density at radius 3 is 2.20 bits per heavy atom. The van der Waals surface area contributed by atoms with Crippen molar-refractivity contribution in [3.63, 3.8) is 0 Å². The van der Waals surface area contributed by atoms with Crippen LogP contribution in [-0.2, 0) is 19.6 Å². The van der Waals surface area contributed by atoms with Crippen LogP contribution in [0.3, 0.4) is 0 Å². The Morgan fingerprint density at radius 2 is 1.68 bits per heavy atom. The number of sulfonamides is 1. The molecular weight excluding hydrogens is 346 g/mol. The minimum Gasteiger partial charge on any atom is -0.453 e. The minimum atomic E-state index is -3.54. The standard InChI is InChI=1S/C16H23N3O5S/c1-12-4-6-14(7-5-12)25(22,23)19-10-8-18(9-11-19)13(2)15(20)17-16(21)24-3/h4-7,13H,8-11H2,1-3H3,(H,17,20,21)/t13-/m1/s1. The quantitative estimate of drug-likeness (QED) is 0.834. The molecule has 1 heterocycles. The molecule has 0 saturated carbocycles. The average Bonchev–Trinajstić information content (AvgIpc) is 2.61. The maximum Gasteiger partial charge on any atom is 0.413 e. The summed E-state index contributed by atoms with van der Waals surface area (Å²) in [5.41, 5.74) is 0.995. The molecule has 0 aliphatic carbocycles. The summed E-state index contributed by atoms with van der Waals surface area (Å²) in [6, 6.07) is 6.18. The second kappa shape index (κ2) is 7.94. The number of alkyl carbamates (subject to hydrolysis) is 1. The van der Waals surface area contributed by atoms with Gasteiger partial charge in [0.05, 0.1) is 18.0 Å². The molecule has 1 aliphatic heterocycles. The van der Waals surface area contributed by atoms with Crippen molar-refractivity contribution in [2.75, 3.05) is 33.3 Å². The molecule has 0 unspecified atom stereocenters. The van der Waals surface area contributed by atoms with Crippen molar-refractivity contribution in [3.05, 3.63) is 29.8 Å². The van der Waals surface area contributed by atoms with Gasteiger partial charge in [0.2, 0.25) is 15.9 Å². The van der Waals surface area contributed by atoms with Gasteiger partial charge in [0.25, 0.3) is 0 Å². The van der Waals surface area contributed by atoms with Crippen LogP contribution in [0.4, 0.5) is 4.79 Å². The number of nitrogens with zero attached hydrogens (tertiary/aromatic N) is 2. The molecule has 8 nitrogen and oxygen atoms in total. The van der Waals surface area contributed by atoms with Crippen molar-refractivity contribution < 1.29 is 22.7 Å². The Bertz CT molecular complexity index is 725. The van der Waals surface area contributed by atoms with E-state index in [0.29, 0.717) is 13.1 Å². The lowest BCUT2D eigenvalue weighted by atomic mass is 10.2. The van der Waals surface area contributed by atoms with Crippen LogP contribution in [0.1, 0.15) is 12.5 Å². The molecule has 9 heteroatoms. The van der Waals surface area contributed by atoms with E-state index in [4.69, 9.17) is 0 Å². The highest BCUT2D eigenvalue weighted by atomic mass is 32.2. The Morgan fingerprint density at radius 1 is 1.12 bits per heavy atom. The SMILES string of the molecule is COC(=O)NC(=O)[C@@H](C)N1CCN(S(=O)(=O)c2ccc(C)cc2)CC1. The van der Waals surface area contributed by atoms with Gasteiger partial charge in [0.15, 0.2) is 0 Å². The second-order valence-corrected chi connectivity index (χ2v) is 7.85. The average molecular weight is 369 g/mol. The van der Waals surface area contributed by atoms with E-state index >= 15 is 0 Å². The van der Waals surface area contributed by atoms with Crippen LogP contribution < -0.4 is 5.32 Å². The van der Waals surface area contributed by atoms with E-state index in [1.165, 1.54) is 11.4 Å². The largest absolute Gasteiger partial charge is 0.453 e. The van der Waals surface area contributed by atoms with Crippen LogP contribution in [0.5, 0.6) is 0 Å². The van der Waals surface area contributed by atoms with Crippen molar-refractivity contribution in [2.45, 2.75) is 24.8 Å². The van der Waals surface area contributed by atoms with Gasteiger partial charge in [0, 0.05) is 26.2 Å². The van der Waals surface area contributed by atoms with Gasteiger partial charge in [-0.2, -0.15) is 4.31 Å². The number of ether oxygens (including phenoxy) is 1. The molecule has 138 valence electrons. The molecule has 1 saturated heterocycles. The number of hydrogen-bond acceptors (Lipinski definition) is 6. The number of piperazine rings is 1. The van der Waals surface area contributed by atoms with Crippen molar-refractivity contribution in [1.82, 2.24) is 14.5 Å². The van der Waals surface area contributed by atoms with Crippen LogP contribution in [-0.4, -0.2) is 69.0 Å². The number of imide groups is 1. The van der Waals surface area contributed by atoms with Gasteiger partial charge in [-0.25, -0.2) is 13.2 Å². The highest BCUT2D eigenvalue weighted by Gasteiger charge is 2.32. The molecule has 1 N–H and O–H groups in total. The van der Waals surface area contributed by atoms with Crippen LogP contribution in [0.15, 0.2) is 29.2 Å². The van der Waals surface area contributed by atoms with Crippen molar-refractivity contribution in [2.24, 2.45) is 0 Å². The summed E-state index contributed by atoms with van der Waals surface area (Å²) in [6.07, 6.45) is -0.808. The maximum absolute atomic E-state index is 12.7. The third-order valence-electron chi connectivity index (χ3n) is 4.27. The highest BCUT2D eigenvalue weighted by Crippen LogP contribution is 2.19. The molecule has 0 spiro atoms.